The molecule has 4 nitrogen and oxygen atoms in total. The highest BCUT2D eigenvalue weighted by Gasteiger charge is 2.06. The topological polar surface area (TPSA) is 58.2 Å². The lowest BCUT2D eigenvalue weighted by Crippen LogP contribution is -2.15. The van der Waals surface area contributed by atoms with Crippen LogP contribution in [0.4, 0.5) is 11.4 Å². The lowest BCUT2D eigenvalue weighted by molar-refractivity contribution is -0.116. The first-order valence-corrected chi connectivity index (χ1v) is 7.89. The van der Waals surface area contributed by atoms with E-state index in [4.69, 9.17) is 11.6 Å². The Morgan fingerprint density at radius 2 is 1.57 bits per heavy atom. The van der Waals surface area contributed by atoms with Crippen LogP contribution in [0.2, 0.25) is 5.02 Å². The SMILES string of the molecule is CCCC(=O)Nc1cccc(NC(=O)Cc2ccc(Cl)cc2)c1. The summed E-state index contributed by atoms with van der Waals surface area (Å²) in [4.78, 5) is 23.7. The zero-order valence-corrected chi connectivity index (χ0v) is 13.7. The van der Waals surface area contributed by atoms with Crippen LogP contribution in [0.15, 0.2) is 48.5 Å². The molecule has 0 aliphatic rings. The van der Waals surface area contributed by atoms with Gasteiger partial charge in [0.2, 0.25) is 11.8 Å². The Labute approximate surface area is 140 Å². The maximum Gasteiger partial charge on any atom is 0.228 e. The van der Waals surface area contributed by atoms with Crippen LogP contribution < -0.4 is 10.6 Å². The quantitative estimate of drug-likeness (QED) is 0.831. The first kappa shape index (κ1) is 17.0. The smallest absolute Gasteiger partial charge is 0.228 e. The van der Waals surface area contributed by atoms with E-state index in [1.54, 1.807) is 36.4 Å². The molecule has 5 heteroatoms. The second-order valence-electron chi connectivity index (χ2n) is 5.23. The Balaban J connectivity index is 1.95. The van der Waals surface area contributed by atoms with E-state index in [0.29, 0.717) is 22.8 Å². The Kier molecular flexibility index (Phi) is 6.18. The van der Waals surface area contributed by atoms with Crippen molar-refractivity contribution >= 4 is 34.8 Å². The van der Waals surface area contributed by atoms with Crippen LogP contribution in [-0.2, 0) is 16.0 Å². The molecule has 120 valence electrons. The van der Waals surface area contributed by atoms with Crippen LogP contribution in [0.1, 0.15) is 25.3 Å². The molecular formula is C18H19ClN2O2. The molecule has 2 rings (SSSR count). The summed E-state index contributed by atoms with van der Waals surface area (Å²) in [5.74, 6) is -0.151. The fraction of sp³-hybridized carbons (Fsp3) is 0.222. The van der Waals surface area contributed by atoms with Gasteiger partial charge in [0.25, 0.3) is 0 Å². The lowest BCUT2D eigenvalue weighted by Gasteiger charge is -2.09. The fourth-order valence-electron chi connectivity index (χ4n) is 2.12. The van der Waals surface area contributed by atoms with Crippen molar-refractivity contribution < 1.29 is 9.59 Å². The normalized spacial score (nSPS) is 10.2. The molecule has 2 aromatic rings. The minimum absolute atomic E-state index is 0.0304. The molecule has 0 aliphatic heterocycles. The zero-order valence-electron chi connectivity index (χ0n) is 12.9. The van der Waals surface area contributed by atoms with Gasteiger partial charge in [-0.15, -0.1) is 0 Å². The van der Waals surface area contributed by atoms with Crippen LogP contribution in [0.25, 0.3) is 0 Å². The van der Waals surface area contributed by atoms with Crippen molar-refractivity contribution in [3.8, 4) is 0 Å². The summed E-state index contributed by atoms with van der Waals surface area (Å²) < 4.78 is 0. The highest BCUT2D eigenvalue weighted by molar-refractivity contribution is 6.30. The van der Waals surface area contributed by atoms with Gasteiger partial charge in [-0.25, -0.2) is 0 Å². The molecule has 0 atom stereocenters. The number of hydrogen-bond acceptors (Lipinski definition) is 2. The molecule has 0 saturated carbocycles. The third-order valence-corrected chi connectivity index (χ3v) is 3.44. The molecule has 0 bridgehead atoms. The largest absolute Gasteiger partial charge is 0.326 e. The molecule has 0 heterocycles. The van der Waals surface area contributed by atoms with E-state index in [1.807, 2.05) is 19.1 Å². The second kappa shape index (κ2) is 8.34. The number of hydrogen-bond donors (Lipinski definition) is 2. The van der Waals surface area contributed by atoms with Crippen molar-refractivity contribution in [3.05, 3.63) is 59.1 Å². The minimum atomic E-state index is -0.121. The van der Waals surface area contributed by atoms with E-state index in [0.717, 1.165) is 12.0 Å². The highest BCUT2D eigenvalue weighted by Crippen LogP contribution is 2.16. The zero-order chi connectivity index (χ0) is 16.7. The summed E-state index contributed by atoms with van der Waals surface area (Å²) in [7, 11) is 0. The van der Waals surface area contributed by atoms with Crippen LogP contribution in [0, 0.1) is 0 Å². The summed E-state index contributed by atoms with van der Waals surface area (Å²) in [6, 6.07) is 14.3. The Hall–Kier alpha value is -2.33. The van der Waals surface area contributed by atoms with Gasteiger partial charge in [0, 0.05) is 22.8 Å². The van der Waals surface area contributed by atoms with Crippen molar-refractivity contribution in [3.63, 3.8) is 0 Å². The van der Waals surface area contributed by atoms with Gasteiger partial charge in [0.15, 0.2) is 0 Å². The molecule has 0 aromatic heterocycles. The summed E-state index contributed by atoms with van der Waals surface area (Å²) >= 11 is 5.82. The third kappa shape index (κ3) is 5.75. The van der Waals surface area contributed by atoms with Crippen molar-refractivity contribution in [1.82, 2.24) is 0 Å². The molecule has 0 aliphatic carbocycles. The minimum Gasteiger partial charge on any atom is -0.326 e. The van der Waals surface area contributed by atoms with Crippen molar-refractivity contribution in [1.29, 1.82) is 0 Å². The van der Waals surface area contributed by atoms with Gasteiger partial charge in [0.05, 0.1) is 6.42 Å². The molecule has 0 radical (unpaired) electrons. The Bertz CT molecular complexity index is 684. The van der Waals surface area contributed by atoms with E-state index in [1.165, 1.54) is 0 Å². The number of carbonyl (C=O) groups excluding carboxylic acids is 2. The molecule has 0 fully saturated rings. The van der Waals surface area contributed by atoms with Crippen LogP contribution in [0.5, 0.6) is 0 Å². The summed E-state index contributed by atoms with van der Waals surface area (Å²) in [5, 5.41) is 6.28. The predicted octanol–water partition coefficient (Wildman–Crippen LogP) is 4.26. The summed E-state index contributed by atoms with van der Waals surface area (Å²) in [5.41, 5.74) is 2.21. The van der Waals surface area contributed by atoms with Crippen molar-refractivity contribution in [2.24, 2.45) is 0 Å². The first-order chi connectivity index (χ1) is 11.1. The molecule has 0 unspecified atom stereocenters. The number of rotatable bonds is 6. The van der Waals surface area contributed by atoms with Gasteiger partial charge in [0.1, 0.15) is 0 Å². The highest BCUT2D eigenvalue weighted by atomic mass is 35.5. The number of benzene rings is 2. The maximum atomic E-state index is 12.1. The number of amides is 2. The lowest BCUT2D eigenvalue weighted by atomic mass is 10.1. The monoisotopic (exact) mass is 330 g/mol. The standard InChI is InChI=1S/C18H19ClN2O2/c1-2-4-17(22)20-15-5-3-6-16(12-15)21-18(23)11-13-7-9-14(19)10-8-13/h3,5-10,12H,2,4,11H2,1H3,(H,20,22)(H,21,23). The molecule has 2 N–H and O–H groups in total. The number of anilines is 2. The Morgan fingerprint density at radius 3 is 2.17 bits per heavy atom. The van der Waals surface area contributed by atoms with E-state index < -0.39 is 0 Å². The number of halogens is 1. The van der Waals surface area contributed by atoms with Gasteiger partial charge >= 0.3 is 0 Å². The predicted molar refractivity (Wildman–Crippen MR) is 93.8 cm³/mol. The average molecular weight is 331 g/mol. The van der Waals surface area contributed by atoms with Gasteiger partial charge in [-0.3, -0.25) is 9.59 Å². The summed E-state index contributed by atoms with van der Waals surface area (Å²) in [6.45, 7) is 1.95. The van der Waals surface area contributed by atoms with Crippen molar-refractivity contribution in [2.45, 2.75) is 26.2 Å². The van der Waals surface area contributed by atoms with E-state index in [-0.39, 0.29) is 18.2 Å². The van der Waals surface area contributed by atoms with E-state index in [9.17, 15) is 9.59 Å². The summed E-state index contributed by atoms with van der Waals surface area (Å²) in [6.07, 6.45) is 1.54. The molecule has 23 heavy (non-hydrogen) atoms. The van der Waals surface area contributed by atoms with Gasteiger partial charge in [-0.1, -0.05) is 36.7 Å². The first-order valence-electron chi connectivity index (χ1n) is 7.51. The third-order valence-electron chi connectivity index (χ3n) is 3.19. The van der Waals surface area contributed by atoms with Crippen LogP contribution >= 0.6 is 11.6 Å². The molecule has 0 spiro atoms. The van der Waals surface area contributed by atoms with Gasteiger partial charge in [-0.2, -0.15) is 0 Å². The number of carbonyl (C=O) groups is 2. The molecule has 2 aromatic carbocycles. The number of nitrogens with one attached hydrogen (secondary N) is 2. The van der Waals surface area contributed by atoms with Crippen LogP contribution in [-0.4, -0.2) is 11.8 Å². The molecule has 0 saturated heterocycles. The van der Waals surface area contributed by atoms with Crippen molar-refractivity contribution in [2.75, 3.05) is 10.6 Å². The average Bonchev–Trinajstić information content (AvgIpc) is 2.50. The molecular weight excluding hydrogens is 312 g/mol. The molecule has 2 amide bonds. The fourth-order valence-corrected chi connectivity index (χ4v) is 2.24. The van der Waals surface area contributed by atoms with E-state index in [2.05, 4.69) is 10.6 Å². The van der Waals surface area contributed by atoms with E-state index >= 15 is 0 Å². The van der Waals surface area contributed by atoms with Gasteiger partial charge < -0.3 is 10.6 Å². The second-order valence-corrected chi connectivity index (χ2v) is 5.67. The maximum absolute atomic E-state index is 12.1. The van der Waals surface area contributed by atoms with Gasteiger partial charge in [-0.05, 0) is 42.3 Å². The Morgan fingerprint density at radius 1 is 0.957 bits per heavy atom. The van der Waals surface area contributed by atoms with Crippen LogP contribution in [0.3, 0.4) is 0 Å².